The summed E-state index contributed by atoms with van der Waals surface area (Å²) >= 11 is 1.12. The van der Waals surface area contributed by atoms with E-state index >= 15 is 0 Å². The molecule has 0 unspecified atom stereocenters. The van der Waals surface area contributed by atoms with Crippen molar-refractivity contribution in [3.63, 3.8) is 0 Å². The van der Waals surface area contributed by atoms with Crippen LogP contribution in [-0.2, 0) is 10.0 Å². The number of nitrogens with zero attached hydrogens (tertiary/aromatic N) is 2. The van der Waals surface area contributed by atoms with Gasteiger partial charge >= 0.3 is 6.18 Å². The number of rotatable bonds is 6. The van der Waals surface area contributed by atoms with E-state index in [2.05, 4.69) is 5.16 Å². The molecule has 3 N–H and O–H groups in total. The van der Waals surface area contributed by atoms with E-state index < -0.39 is 29.2 Å². The molecule has 30 heavy (non-hydrogen) atoms. The zero-order chi connectivity index (χ0) is 22.1. The van der Waals surface area contributed by atoms with Crippen LogP contribution in [-0.4, -0.2) is 32.2 Å². The molecular weight excluding hydrogens is 439 g/mol. The lowest BCUT2D eigenvalue weighted by molar-refractivity contribution is -0.131. The highest BCUT2D eigenvalue weighted by molar-refractivity contribution is 7.93. The van der Waals surface area contributed by atoms with Gasteiger partial charge < -0.3 is 10.9 Å². The third-order valence-corrected chi connectivity index (χ3v) is 7.71. The fraction of sp³-hybridized carbons (Fsp3) is 0.211. The molecule has 0 atom stereocenters. The first-order valence-corrected chi connectivity index (χ1v) is 11.0. The number of sulfonamides is 1. The Bertz CT molecular complexity index is 1190. The van der Waals surface area contributed by atoms with E-state index in [1.165, 1.54) is 24.3 Å². The minimum absolute atomic E-state index is 0.198. The molecule has 0 amide bonds. The Morgan fingerprint density at radius 1 is 1.17 bits per heavy atom. The molecule has 0 fully saturated rings. The van der Waals surface area contributed by atoms with Crippen LogP contribution >= 0.6 is 11.3 Å². The number of hydrogen-bond acceptors (Lipinski definition) is 5. The lowest BCUT2D eigenvalue weighted by Crippen LogP contribution is -2.34. The quantitative estimate of drug-likeness (QED) is 0.247. The maximum Gasteiger partial charge on any atom is 0.390 e. The Hall–Kier alpha value is -2.79. The first-order chi connectivity index (χ1) is 14.0. The summed E-state index contributed by atoms with van der Waals surface area (Å²) in [4.78, 5) is -0.198. The smallest absolute Gasteiger partial charge is 0.390 e. The molecule has 0 aliphatic rings. The zero-order valence-electron chi connectivity index (χ0n) is 15.7. The van der Waals surface area contributed by atoms with E-state index in [0.29, 0.717) is 5.56 Å². The molecule has 0 aliphatic carbocycles. The Morgan fingerprint density at radius 3 is 2.37 bits per heavy atom. The van der Waals surface area contributed by atoms with Crippen LogP contribution in [0.5, 0.6) is 0 Å². The normalized spacial score (nSPS) is 13.0. The molecule has 6 nitrogen and oxygen atoms in total. The van der Waals surface area contributed by atoms with Crippen molar-refractivity contribution < 1.29 is 26.8 Å². The summed E-state index contributed by atoms with van der Waals surface area (Å²) in [6.45, 7) is 0.938. The molecule has 0 radical (unpaired) electrons. The minimum atomic E-state index is -4.52. The van der Waals surface area contributed by atoms with Crippen LogP contribution in [0.1, 0.15) is 17.5 Å². The third kappa shape index (κ3) is 4.36. The summed E-state index contributed by atoms with van der Waals surface area (Å²) < 4.78 is 67.0. The van der Waals surface area contributed by atoms with Gasteiger partial charge in [0.05, 0.1) is 11.3 Å². The van der Waals surface area contributed by atoms with E-state index in [1.54, 1.807) is 31.2 Å². The highest BCUT2D eigenvalue weighted by atomic mass is 32.2. The van der Waals surface area contributed by atoms with Crippen molar-refractivity contribution in [2.45, 2.75) is 24.4 Å². The number of halogens is 3. The van der Waals surface area contributed by atoms with Gasteiger partial charge in [-0.2, -0.15) is 13.2 Å². The van der Waals surface area contributed by atoms with E-state index in [0.717, 1.165) is 25.7 Å². The van der Waals surface area contributed by atoms with Crippen molar-refractivity contribution >= 4 is 42.3 Å². The van der Waals surface area contributed by atoms with Crippen molar-refractivity contribution in [2.75, 3.05) is 10.8 Å². The third-order valence-electron chi connectivity index (χ3n) is 4.49. The summed E-state index contributed by atoms with van der Waals surface area (Å²) in [5, 5.41) is 12.6. The van der Waals surface area contributed by atoms with Crippen LogP contribution < -0.4 is 10.0 Å². The Balaban J connectivity index is 2.10. The number of oxime groups is 1. The highest BCUT2D eigenvalue weighted by Crippen LogP contribution is 2.40. The van der Waals surface area contributed by atoms with Crippen molar-refractivity contribution in [2.24, 2.45) is 10.9 Å². The number of benzene rings is 2. The largest absolute Gasteiger partial charge is 0.409 e. The van der Waals surface area contributed by atoms with Crippen LogP contribution in [0.15, 0.2) is 58.6 Å². The Kier molecular flexibility index (Phi) is 5.95. The van der Waals surface area contributed by atoms with Gasteiger partial charge in [0.2, 0.25) is 0 Å². The van der Waals surface area contributed by atoms with Crippen LogP contribution in [0.2, 0.25) is 0 Å². The van der Waals surface area contributed by atoms with Gasteiger partial charge in [-0.05, 0) is 48.2 Å². The number of fused-ring (bicyclic) bond motifs is 1. The van der Waals surface area contributed by atoms with Crippen LogP contribution in [0, 0.1) is 6.92 Å². The van der Waals surface area contributed by atoms with Gasteiger partial charge in [0, 0.05) is 16.8 Å². The van der Waals surface area contributed by atoms with Gasteiger partial charge in [-0.25, -0.2) is 8.42 Å². The van der Waals surface area contributed by atoms with Crippen LogP contribution in [0.25, 0.3) is 10.1 Å². The topological polar surface area (TPSA) is 96.0 Å². The predicted octanol–water partition coefficient (Wildman–Crippen LogP) is 4.45. The molecule has 0 spiro atoms. The number of hydrogen-bond donors (Lipinski definition) is 2. The second-order valence-corrected chi connectivity index (χ2v) is 9.37. The fourth-order valence-electron chi connectivity index (χ4n) is 2.94. The van der Waals surface area contributed by atoms with E-state index in [4.69, 9.17) is 10.9 Å². The van der Waals surface area contributed by atoms with E-state index in [9.17, 15) is 21.6 Å². The lowest BCUT2D eigenvalue weighted by Gasteiger charge is -2.24. The van der Waals surface area contributed by atoms with Crippen LogP contribution in [0.3, 0.4) is 0 Å². The molecule has 0 bridgehead atoms. The number of anilines is 1. The van der Waals surface area contributed by atoms with E-state index in [1.807, 2.05) is 0 Å². The molecule has 3 aromatic rings. The standard InChI is InChI=1S/C19H18F3N3O3S2/c1-12-15-4-2-3-5-16(15)29-18(12)25(11-10-19(20,21)22)30(27,28)14-8-6-13(7-9-14)17(23)24-26/h2-9,26H,10-11H2,1H3,(H2,23,24). The van der Waals surface area contributed by atoms with Crippen molar-refractivity contribution in [1.82, 2.24) is 0 Å². The summed E-state index contributed by atoms with van der Waals surface area (Å²) in [6, 6.07) is 12.2. The molecule has 11 heteroatoms. The Labute approximate surface area is 175 Å². The molecular formula is C19H18F3N3O3S2. The molecule has 1 heterocycles. The molecule has 1 aromatic heterocycles. The van der Waals surface area contributed by atoms with Gasteiger partial charge in [0.15, 0.2) is 5.84 Å². The van der Waals surface area contributed by atoms with Crippen LogP contribution in [0.4, 0.5) is 18.2 Å². The minimum Gasteiger partial charge on any atom is -0.409 e. The SMILES string of the molecule is Cc1c(N(CCC(F)(F)F)S(=O)(=O)c2ccc(C(N)=NO)cc2)sc2ccccc12. The maximum absolute atomic E-state index is 13.3. The van der Waals surface area contributed by atoms with Gasteiger partial charge in [0.1, 0.15) is 5.00 Å². The number of aryl methyl sites for hydroxylation is 1. The maximum atomic E-state index is 13.3. The number of thiophene rings is 1. The zero-order valence-corrected chi connectivity index (χ0v) is 17.4. The van der Waals surface area contributed by atoms with Gasteiger partial charge in [0.25, 0.3) is 10.0 Å². The van der Waals surface area contributed by atoms with Crippen molar-refractivity contribution in [1.29, 1.82) is 0 Å². The Morgan fingerprint density at radius 2 is 1.80 bits per heavy atom. The number of amidine groups is 1. The molecule has 0 saturated heterocycles. The average Bonchev–Trinajstić information content (AvgIpc) is 3.03. The molecule has 2 aromatic carbocycles. The second-order valence-electron chi connectivity index (χ2n) is 6.48. The summed E-state index contributed by atoms with van der Waals surface area (Å²) in [5.74, 6) is -0.215. The summed E-state index contributed by atoms with van der Waals surface area (Å²) in [7, 11) is -4.30. The van der Waals surface area contributed by atoms with Gasteiger partial charge in [-0.3, -0.25) is 4.31 Å². The molecule has 160 valence electrons. The molecule has 0 aliphatic heterocycles. The lowest BCUT2D eigenvalue weighted by atomic mass is 10.2. The summed E-state index contributed by atoms with van der Waals surface area (Å²) in [6.07, 6.45) is -5.81. The van der Waals surface area contributed by atoms with E-state index in [-0.39, 0.29) is 21.3 Å². The van der Waals surface area contributed by atoms with Crippen molar-refractivity contribution in [3.05, 3.63) is 59.7 Å². The fourth-order valence-corrected chi connectivity index (χ4v) is 5.91. The van der Waals surface area contributed by atoms with Gasteiger partial charge in [-0.15, -0.1) is 11.3 Å². The highest BCUT2D eigenvalue weighted by Gasteiger charge is 2.34. The average molecular weight is 457 g/mol. The van der Waals surface area contributed by atoms with Crippen molar-refractivity contribution in [3.8, 4) is 0 Å². The monoisotopic (exact) mass is 457 g/mol. The predicted molar refractivity (Wildman–Crippen MR) is 111 cm³/mol. The molecule has 3 rings (SSSR count). The number of alkyl halides is 3. The first-order valence-electron chi connectivity index (χ1n) is 8.70. The molecule has 0 saturated carbocycles. The first kappa shape index (κ1) is 21.9. The summed E-state index contributed by atoms with van der Waals surface area (Å²) in [5.41, 5.74) is 6.35. The second kappa shape index (κ2) is 8.15. The van der Waals surface area contributed by atoms with Gasteiger partial charge in [-0.1, -0.05) is 23.4 Å². The number of nitrogens with two attached hydrogens (primary N) is 1.